The molecule has 1 aliphatic heterocycles. The standard InChI is InChI=1S/C3H5N2O/c1-5-2-3-6-4-5/h2-4H,1H2. The van der Waals surface area contributed by atoms with E-state index >= 15 is 0 Å². The number of hydrazine groups is 1. The molecule has 0 saturated carbocycles. The van der Waals surface area contributed by atoms with Gasteiger partial charge in [0.1, 0.15) is 6.26 Å². The molecule has 1 rings (SSSR count). The maximum atomic E-state index is 4.49. The lowest BCUT2D eigenvalue weighted by Crippen LogP contribution is -2.19. The van der Waals surface area contributed by atoms with E-state index < -0.39 is 0 Å². The smallest absolute Gasteiger partial charge is 0.131 e. The Morgan fingerprint density at radius 3 is 2.83 bits per heavy atom. The minimum absolute atomic E-state index is 1.46. The van der Waals surface area contributed by atoms with Crippen LogP contribution in [0.4, 0.5) is 0 Å². The highest BCUT2D eigenvalue weighted by atomic mass is 16.7. The number of hydrogen-bond donors (Lipinski definition) is 1. The molecule has 0 aromatic carbocycles. The lowest BCUT2D eigenvalue weighted by Gasteiger charge is -2.01. The van der Waals surface area contributed by atoms with Gasteiger partial charge in [-0.3, -0.25) is 5.01 Å². The first-order chi connectivity index (χ1) is 2.89. The highest BCUT2D eigenvalue weighted by molar-refractivity contribution is 4.74. The maximum absolute atomic E-state index is 4.49. The third-order valence-corrected chi connectivity index (χ3v) is 0.479. The second kappa shape index (κ2) is 1.18. The molecule has 0 amide bonds. The lowest BCUT2D eigenvalue weighted by molar-refractivity contribution is 0.0626. The molecule has 1 aliphatic rings. The molecule has 0 aliphatic carbocycles. The van der Waals surface area contributed by atoms with Gasteiger partial charge in [-0.1, -0.05) is 5.59 Å². The Balaban J connectivity index is 2.38. The number of hydrogen-bond acceptors (Lipinski definition) is 3. The van der Waals surface area contributed by atoms with Gasteiger partial charge in [0.05, 0.1) is 13.2 Å². The summed E-state index contributed by atoms with van der Waals surface area (Å²) >= 11 is 0. The fourth-order valence-corrected chi connectivity index (χ4v) is 0.232. The number of nitrogens with one attached hydrogen (secondary N) is 1. The molecule has 1 radical (unpaired) electrons. The van der Waals surface area contributed by atoms with Crippen molar-refractivity contribution in [3.05, 3.63) is 19.5 Å². The minimum atomic E-state index is 1.46. The molecule has 0 fully saturated rings. The van der Waals surface area contributed by atoms with E-state index in [1.54, 1.807) is 6.20 Å². The third-order valence-electron chi connectivity index (χ3n) is 0.479. The highest BCUT2D eigenvalue weighted by Gasteiger charge is 1.91. The van der Waals surface area contributed by atoms with Gasteiger partial charge in [-0.2, -0.15) is 0 Å². The third kappa shape index (κ3) is 0.440. The molecule has 0 aromatic rings. The van der Waals surface area contributed by atoms with Crippen LogP contribution in [0.2, 0.25) is 0 Å². The molecule has 0 bridgehead atoms. The van der Waals surface area contributed by atoms with Gasteiger partial charge in [0.25, 0.3) is 0 Å². The molecule has 33 valence electrons. The summed E-state index contributed by atoms with van der Waals surface area (Å²) < 4.78 is 0. The Kier molecular flexibility index (Phi) is 0.686. The zero-order chi connectivity index (χ0) is 4.41. The molecule has 1 heterocycles. The summed E-state index contributed by atoms with van der Waals surface area (Å²) in [5, 5.41) is 1.46. The molecule has 0 aromatic heterocycles. The Morgan fingerprint density at radius 1 is 1.83 bits per heavy atom. The van der Waals surface area contributed by atoms with Crippen LogP contribution in [0.5, 0.6) is 0 Å². The fourth-order valence-electron chi connectivity index (χ4n) is 0.232. The van der Waals surface area contributed by atoms with Crippen molar-refractivity contribution in [3.63, 3.8) is 0 Å². The van der Waals surface area contributed by atoms with E-state index in [1.807, 2.05) is 0 Å². The van der Waals surface area contributed by atoms with E-state index in [-0.39, 0.29) is 0 Å². The van der Waals surface area contributed by atoms with Crippen LogP contribution >= 0.6 is 0 Å². The van der Waals surface area contributed by atoms with Gasteiger partial charge in [-0.15, -0.1) is 0 Å². The molecule has 3 nitrogen and oxygen atoms in total. The molecular formula is C3H5N2O. The van der Waals surface area contributed by atoms with Crippen molar-refractivity contribution in [2.45, 2.75) is 0 Å². The second-order valence-electron chi connectivity index (χ2n) is 0.964. The van der Waals surface area contributed by atoms with Crippen LogP contribution in [0.25, 0.3) is 0 Å². The van der Waals surface area contributed by atoms with Crippen molar-refractivity contribution < 1.29 is 4.84 Å². The predicted octanol–water partition coefficient (Wildman–Crippen LogP) is 0.000990. The normalized spacial score (nSPS) is 18.5. The summed E-state index contributed by atoms with van der Waals surface area (Å²) in [6, 6.07) is 0. The fraction of sp³-hybridized carbons (Fsp3) is 0. The summed E-state index contributed by atoms with van der Waals surface area (Å²) in [7, 11) is 3.45. The van der Waals surface area contributed by atoms with Crippen molar-refractivity contribution in [1.29, 1.82) is 0 Å². The van der Waals surface area contributed by atoms with Gasteiger partial charge < -0.3 is 4.84 Å². The number of rotatable bonds is 0. The van der Waals surface area contributed by atoms with Gasteiger partial charge in [-0.25, -0.2) is 0 Å². The first-order valence-corrected chi connectivity index (χ1v) is 1.57. The molecule has 0 unspecified atom stereocenters. The second-order valence-corrected chi connectivity index (χ2v) is 0.964. The van der Waals surface area contributed by atoms with Crippen LogP contribution in [0.15, 0.2) is 12.5 Å². The van der Waals surface area contributed by atoms with Crippen molar-refractivity contribution in [2.24, 2.45) is 0 Å². The van der Waals surface area contributed by atoms with Crippen LogP contribution < -0.4 is 5.59 Å². The van der Waals surface area contributed by atoms with E-state index in [0.29, 0.717) is 0 Å². The Bertz CT molecular complexity index is 71.2. The van der Waals surface area contributed by atoms with Crippen LogP contribution in [0, 0.1) is 7.05 Å². The lowest BCUT2D eigenvalue weighted by atomic mass is 10.9. The quantitative estimate of drug-likeness (QED) is 0.448. The van der Waals surface area contributed by atoms with Crippen molar-refractivity contribution >= 4 is 0 Å². The van der Waals surface area contributed by atoms with E-state index in [4.69, 9.17) is 0 Å². The largest absolute Gasteiger partial charge is 0.395 e. The first-order valence-electron chi connectivity index (χ1n) is 1.57. The Hall–Kier alpha value is -0.700. The first kappa shape index (κ1) is 3.49. The average Bonchev–Trinajstić information content (AvgIpc) is 1.86. The average molecular weight is 85.1 g/mol. The topological polar surface area (TPSA) is 24.5 Å². The number of nitrogens with zero attached hydrogens (tertiary/aromatic N) is 1. The van der Waals surface area contributed by atoms with Crippen molar-refractivity contribution in [3.8, 4) is 0 Å². The van der Waals surface area contributed by atoms with Crippen LogP contribution in [-0.2, 0) is 4.84 Å². The zero-order valence-corrected chi connectivity index (χ0v) is 3.22. The molecule has 0 atom stereocenters. The van der Waals surface area contributed by atoms with Gasteiger partial charge in [0, 0.05) is 0 Å². The van der Waals surface area contributed by atoms with Crippen LogP contribution in [0.1, 0.15) is 0 Å². The summed E-state index contributed by atoms with van der Waals surface area (Å²) in [6.45, 7) is 0. The van der Waals surface area contributed by atoms with Gasteiger partial charge in [0.2, 0.25) is 0 Å². The molecule has 3 heteroatoms. The monoisotopic (exact) mass is 85.0 g/mol. The molecule has 6 heavy (non-hydrogen) atoms. The van der Waals surface area contributed by atoms with Crippen molar-refractivity contribution in [1.82, 2.24) is 10.6 Å². The van der Waals surface area contributed by atoms with E-state index in [2.05, 4.69) is 17.5 Å². The summed E-state index contributed by atoms with van der Waals surface area (Å²) in [4.78, 5) is 4.49. The molecule has 0 saturated heterocycles. The van der Waals surface area contributed by atoms with Crippen LogP contribution in [0.3, 0.4) is 0 Å². The van der Waals surface area contributed by atoms with Crippen molar-refractivity contribution in [2.75, 3.05) is 0 Å². The van der Waals surface area contributed by atoms with Crippen LogP contribution in [-0.4, -0.2) is 5.01 Å². The zero-order valence-electron chi connectivity index (χ0n) is 3.22. The molecule has 1 N–H and O–H groups in total. The van der Waals surface area contributed by atoms with E-state index in [1.165, 1.54) is 11.3 Å². The minimum Gasteiger partial charge on any atom is -0.395 e. The van der Waals surface area contributed by atoms with Gasteiger partial charge >= 0.3 is 0 Å². The SMILES string of the molecule is [CH2]N1C=CON1. The highest BCUT2D eigenvalue weighted by Crippen LogP contribution is 1.87. The maximum Gasteiger partial charge on any atom is 0.131 e. The summed E-state index contributed by atoms with van der Waals surface area (Å²) in [5.74, 6) is 0. The van der Waals surface area contributed by atoms with E-state index in [0.717, 1.165) is 0 Å². The predicted molar refractivity (Wildman–Crippen MR) is 20.6 cm³/mol. The van der Waals surface area contributed by atoms with Gasteiger partial charge in [-0.05, 0) is 0 Å². The molecule has 0 spiro atoms. The van der Waals surface area contributed by atoms with E-state index in [9.17, 15) is 0 Å². The summed E-state index contributed by atoms with van der Waals surface area (Å²) in [5.41, 5.74) is 2.43. The summed E-state index contributed by atoms with van der Waals surface area (Å²) in [6.07, 6.45) is 3.17. The Labute approximate surface area is 36.1 Å². The molecular weight excluding hydrogens is 80.0 g/mol. The van der Waals surface area contributed by atoms with Gasteiger partial charge in [0.15, 0.2) is 0 Å². The Morgan fingerprint density at radius 2 is 2.67 bits per heavy atom.